The fraction of sp³-hybridized carbons (Fsp3) is 0.500. The van der Waals surface area contributed by atoms with Crippen LogP contribution in [0.4, 0.5) is 0 Å². The maximum atomic E-state index is 14.2. The predicted octanol–water partition coefficient (Wildman–Crippen LogP) is 2.92. The molecule has 2 aliphatic carbocycles. The van der Waals surface area contributed by atoms with Gasteiger partial charge in [-0.25, -0.2) is 0 Å². The van der Waals surface area contributed by atoms with Crippen LogP contribution >= 0.6 is 0 Å². The Morgan fingerprint density at radius 2 is 1.86 bits per heavy atom. The summed E-state index contributed by atoms with van der Waals surface area (Å²) in [4.78, 5) is 39.5. The minimum absolute atomic E-state index is 0.287. The van der Waals surface area contributed by atoms with Crippen molar-refractivity contribution in [2.24, 2.45) is 29.1 Å². The molecule has 1 saturated carbocycles. The van der Waals surface area contributed by atoms with Crippen LogP contribution in [0.25, 0.3) is 0 Å². The van der Waals surface area contributed by atoms with Gasteiger partial charge in [-0.05, 0) is 49.0 Å². The van der Waals surface area contributed by atoms with Crippen LogP contribution in [0.2, 0.25) is 0 Å². The van der Waals surface area contributed by atoms with E-state index in [1.807, 2.05) is 37.3 Å². The first kappa shape index (κ1) is 27.0. The summed E-state index contributed by atoms with van der Waals surface area (Å²) in [5, 5.41) is 25.7. The molecule has 0 aromatic heterocycles. The van der Waals surface area contributed by atoms with Crippen LogP contribution in [0.15, 0.2) is 66.8 Å². The molecule has 3 aliphatic rings. The van der Waals surface area contributed by atoms with E-state index in [0.29, 0.717) is 18.4 Å². The monoisotopic (exact) mass is 507 g/mol. The van der Waals surface area contributed by atoms with Crippen molar-refractivity contribution in [2.75, 3.05) is 0 Å². The number of ketones is 1. The standard InChI is InChI=1S/C30H37NO6/c1-17-10-9-13-22-26(33)19(3)18(2)25-23(16-21-11-7-6-8-12-21)31-28(35)30(22,25)24(37-20(4)32)14-15-29(5,36)27(17)34/h6-9,11-15,17-18,22-26,33,36H,3,10,16H2,1-2,4-5H3,(H,31,35)/b13-9+,15-14+/t17-,18+,22-,23-,24?,25-,26?,29+,30+/m0/s1. The molecule has 2 unspecified atom stereocenters. The number of amides is 1. The van der Waals surface area contributed by atoms with E-state index >= 15 is 0 Å². The second-order valence-electron chi connectivity index (χ2n) is 11.0. The fourth-order valence-electron chi connectivity index (χ4n) is 6.68. The number of ether oxygens (including phenoxy) is 1. The van der Waals surface area contributed by atoms with Crippen LogP contribution in [0.3, 0.4) is 0 Å². The first-order valence-corrected chi connectivity index (χ1v) is 12.9. The van der Waals surface area contributed by atoms with Crippen molar-refractivity contribution in [3.8, 4) is 0 Å². The highest BCUT2D eigenvalue weighted by Crippen LogP contribution is 2.58. The van der Waals surface area contributed by atoms with Crippen LogP contribution in [0, 0.1) is 29.1 Å². The molecular formula is C30H37NO6. The summed E-state index contributed by atoms with van der Waals surface area (Å²) in [6, 6.07) is 9.49. The van der Waals surface area contributed by atoms with Crippen molar-refractivity contribution in [3.05, 3.63) is 72.4 Å². The van der Waals surface area contributed by atoms with Crippen molar-refractivity contribution in [2.45, 2.75) is 64.4 Å². The minimum atomic E-state index is -1.82. The number of hydrogen-bond acceptors (Lipinski definition) is 6. The molecule has 37 heavy (non-hydrogen) atoms. The molecule has 1 aromatic rings. The van der Waals surface area contributed by atoms with Crippen LogP contribution in [-0.4, -0.2) is 51.7 Å². The predicted molar refractivity (Wildman–Crippen MR) is 139 cm³/mol. The molecule has 2 fully saturated rings. The van der Waals surface area contributed by atoms with Crippen LogP contribution in [-0.2, 0) is 25.5 Å². The van der Waals surface area contributed by atoms with Gasteiger partial charge in [0, 0.05) is 30.7 Å². The molecule has 1 saturated heterocycles. The summed E-state index contributed by atoms with van der Waals surface area (Å²) in [5.74, 6) is -3.26. The molecule has 1 aliphatic heterocycles. The van der Waals surface area contributed by atoms with Gasteiger partial charge in [-0.3, -0.25) is 14.4 Å². The first-order valence-electron chi connectivity index (χ1n) is 12.9. The largest absolute Gasteiger partial charge is 0.457 e. The van der Waals surface area contributed by atoms with Gasteiger partial charge in [0.05, 0.1) is 6.10 Å². The number of carbonyl (C=O) groups is 3. The van der Waals surface area contributed by atoms with Crippen molar-refractivity contribution in [3.63, 3.8) is 0 Å². The SMILES string of the molecule is C=C1C(O)[C@@H]2/C=C/C[C@H](C)C(=O)[C@](C)(O)/C=C/C(OC(C)=O)[C@]23C(=O)N[C@@H](Cc2ccccc2)[C@@H]3[C@@H]1C. The lowest BCUT2D eigenvalue weighted by atomic mass is 9.51. The van der Waals surface area contributed by atoms with Crippen LogP contribution < -0.4 is 5.32 Å². The average Bonchev–Trinajstić information content (AvgIpc) is 3.13. The molecular weight excluding hydrogens is 470 g/mol. The van der Waals surface area contributed by atoms with Crippen molar-refractivity contribution >= 4 is 17.7 Å². The molecule has 9 atom stereocenters. The lowest BCUT2D eigenvalue weighted by Gasteiger charge is -2.52. The zero-order chi connectivity index (χ0) is 27.1. The van der Waals surface area contributed by atoms with Gasteiger partial charge in [0.2, 0.25) is 5.91 Å². The third-order valence-electron chi connectivity index (χ3n) is 8.53. The van der Waals surface area contributed by atoms with E-state index in [-0.39, 0.29) is 23.7 Å². The zero-order valence-electron chi connectivity index (χ0n) is 21.9. The third-order valence-corrected chi connectivity index (χ3v) is 8.53. The number of allylic oxidation sites excluding steroid dienone is 1. The van der Waals surface area contributed by atoms with Gasteiger partial charge in [-0.2, -0.15) is 0 Å². The average molecular weight is 508 g/mol. The first-order chi connectivity index (χ1) is 17.4. The number of rotatable bonds is 3. The van der Waals surface area contributed by atoms with Gasteiger partial charge < -0.3 is 20.3 Å². The maximum Gasteiger partial charge on any atom is 0.303 e. The normalized spacial score (nSPS) is 41.6. The Labute approximate surface area is 218 Å². The van der Waals surface area contributed by atoms with Gasteiger partial charge in [-0.1, -0.05) is 62.9 Å². The molecule has 7 heteroatoms. The Balaban J connectivity index is 1.94. The highest BCUT2D eigenvalue weighted by atomic mass is 16.5. The van der Waals surface area contributed by atoms with E-state index in [0.717, 1.165) is 5.56 Å². The number of aliphatic hydroxyl groups is 2. The second-order valence-corrected chi connectivity index (χ2v) is 11.0. The smallest absolute Gasteiger partial charge is 0.303 e. The number of carbonyl (C=O) groups excluding carboxylic acids is 3. The Kier molecular flexibility index (Phi) is 7.32. The van der Waals surface area contributed by atoms with E-state index in [2.05, 4.69) is 11.9 Å². The lowest BCUT2D eigenvalue weighted by Crippen LogP contribution is -2.60. The third kappa shape index (κ3) is 4.59. The molecule has 0 radical (unpaired) electrons. The quantitative estimate of drug-likeness (QED) is 0.428. The van der Waals surface area contributed by atoms with Gasteiger partial charge in [0.1, 0.15) is 17.1 Å². The molecule has 7 nitrogen and oxygen atoms in total. The second kappa shape index (κ2) is 10.0. The Morgan fingerprint density at radius 1 is 1.19 bits per heavy atom. The van der Waals surface area contributed by atoms with Crippen molar-refractivity contribution in [1.29, 1.82) is 0 Å². The zero-order valence-corrected chi connectivity index (χ0v) is 21.9. The van der Waals surface area contributed by atoms with E-state index in [1.165, 1.54) is 26.0 Å². The van der Waals surface area contributed by atoms with Gasteiger partial charge in [0.15, 0.2) is 5.78 Å². The fourth-order valence-corrected chi connectivity index (χ4v) is 6.68. The molecule has 4 rings (SSSR count). The Hall–Kier alpha value is -3.03. The van der Waals surface area contributed by atoms with E-state index in [4.69, 9.17) is 4.74 Å². The molecule has 1 heterocycles. The summed E-state index contributed by atoms with van der Waals surface area (Å²) in [6.07, 6.45) is 5.01. The number of hydrogen-bond donors (Lipinski definition) is 3. The molecule has 3 N–H and O–H groups in total. The number of esters is 1. The highest BCUT2D eigenvalue weighted by molar-refractivity contribution is 5.91. The summed E-state index contributed by atoms with van der Waals surface area (Å²) in [5.41, 5.74) is -1.55. The van der Waals surface area contributed by atoms with E-state index in [1.54, 1.807) is 19.1 Å². The molecule has 198 valence electrons. The van der Waals surface area contributed by atoms with Crippen molar-refractivity contribution in [1.82, 2.24) is 5.32 Å². The number of benzene rings is 1. The van der Waals surface area contributed by atoms with E-state index in [9.17, 15) is 24.6 Å². The van der Waals surface area contributed by atoms with Gasteiger partial charge in [0.25, 0.3) is 0 Å². The summed E-state index contributed by atoms with van der Waals surface area (Å²) in [6.45, 7) is 10.5. The van der Waals surface area contributed by atoms with E-state index < -0.39 is 46.9 Å². The maximum absolute atomic E-state index is 14.2. The van der Waals surface area contributed by atoms with Crippen LogP contribution in [0.1, 0.15) is 39.7 Å². The number of nitrogens with one attached hydrogen (secondary N) is 1. The summed E-state index contributed by atoms with van der Waals surface area (Å²) in [7, 11) is 0. The summed E-state index contributed by atoms with van der Waals surface area (Å²) >= 11 is 0. The Bertz CT molecular complexity index is 1140. The molecule has 1 amide bonds. The lowest BCUT2D eigenvalue weighted by molar-refractivity contribution is -0.166. The number of Topliss-reactive ketones (excluding diaryl/α,β-unsaturated/α-hetero) is 1. The Morgan fingerprint density at radius 3 is 2.51 bits per heavy atom. The number of aliphatic hydroxyl groups excluding tert-OH is 1. The molecule has 0 bridgehead atoms. The topological polar surface area (TPSA) is 113 Å². The molecule has 1 aromatic carbocycles. The minimum Gasteiger partial charge on any atom is -0.457 e. The summed E-state index contributed by atoms with van der Waals surface area (Å²) < 4.78 is 5.81. The highest BCUT2D eigenvalue weighted by Gasteiger charge is 2.68. The van der Waals surface area contributed by atoms with Crippen molar-refractivity contribution < 1.29 is 29.3 Å². The van der Waals surface area contributed by atoms with Crippen LogP contribution in [0.5, 0.6) is 0 Å². The van der Waals surface area contributed by atoms with Gasteiger partial charge >= 0.3 is 5.97 Å². The molecule has 1 spiro atoms. The van der Waals surface area contributed by atoms with Gasteiger partial charge in [-0.15, -0.1) is 0 Å².